The number of carbonyl (C=O) groups excluding carboxylic acids is 1. The summed E-state index contributed by atoms with van der Waals surface area (Å²) in [6, 6.07) is 15.9. The van der Waals surface area contributed by atoms with Gasteiger partial charge in [0.1, 0.15) is 11.3 Å². The molecule has 3 aromatic rings. The highest BCUT2D eigenvalue weighted by atomic mass is 32.1. The van der Waals surface area contributed by atoms with Gasteiger partial charge in [-0.25, -0.2) is 0 Å². The van der Waals surface area contributed by atoms with Crippen LogP contribution in [0.2, 0.25) is 0 Å². The van der Waals surface area contributed by atoms with Gasteiger partial charge >= 0.3 is 0 Å². The molecule has 0 atom stereocenters. The molecule has 134 valence electrons. The molecular weight excluding hydrogens is 346 g/mol. The number of carbonyl (C=O) groups is 1. The fraction of sp³-hybridized carbons (Fsp3) is 0.250. The first-order chi connectivity index (χ1) is 12.6. The molecule has 0 unspecified atom stereocenters. The molecule has 0 bridgehead atoms. The topological polar surface area (TPSA) is 55.3 Å². The molecule has 0 N–H and O–H groups in total. The summed E-state index contributed by atoms with van der Waals surface area (Å²) in [6.45, 7) is 3.78. The third-order valence-corrected chi connectivity index (χ3v) is 4.71. The highest BCUT2D eigenvalue weighted by Crippen LogP contribution is 2.32. The molecule has 1 amide bonds. The number of methoxy groups -OCH3 is 1. The summed E-state index contributed by atoms with van der Waals surface area (Å²) in [7, 11) is 1.65. The van der Waals surface area contributed by atoms with Crippen molar-refractivity contribution >= 4 is 28.1 Å². The first-order valence-corrected chi connectivity index (χ1v) is 9.29. The van der Waals surface area contributed by atoms with Crippen molar-refractivity contribution in [1.29, 1.82) is 0 Å². The van der Waals surface area contributed by atoms with Gasteiger partial charge in [0.15, 0.2) is 0 Å². The van der Waals surface area contributed by atoms with Crippen molar-refractivity contribution in [3.8, 4) is 5.75 Å². The lowest BCUT2D eigenvalue weighted by Gasteiger charge is -2.24. The van der Waals surface area contributed by atoms with Crippen molar-refractivity contribution in [3.05, 3.63) is 65.2 Å². The van der Waals surface area contributed by atoms with Crippen LogP contribution in [0.5, 0.6) is 5.75 Å². The van der Waals surface area contributed by atoms with Crippen molar-refractivity contribution in [2.24, 2.45) is 5.92 Å². The van der Waals surface area contributed by atoms with Crippen molar-refractivity contribution in [1.82, 2.24) is 10.2 Å². The third-order valence-electron chi connectivity index (χ3n) is 4.04. The smallest absolute Gasteiger partial charge is 0.235 e. The van der Waals surface area contributed by atoms with Gasteiger partial charge in [0.05, 0.1) is 12.8 Å². The van der Waals surface area contributed by atoms with E-state index in [1.807, 2.05) is 62.4 Å². The Morgan fingerprint density at radius 1 is 1.15 bits per heavy atom. The maximum atomic E-state index is 12.9. The Morgan fingerprint density at radius 2 is 1.88 bits per heavy atom. The van der Waals surface area contributed by atoms with Crippen LogP contribution in [0.4, 0.5) is 10.8 Å². The summed E-state index contributed by atoms with van der Waals surface area (Å²) in [4.78, 5) is 14.6. The molecule has 0 spiro atoms. The third kappa shape index (κ3) is 3.91. The molecule has 0 aliphatic rings. The van der Waals surface area contributed by atoms with Gasteiger partial charge in [-0.15, -0.1) is 10.2 Å². The van der Waals surface area contributed by atoms with Crippen LogP contribution in [-0.4, -0.2) is 23.2 Å². The Balaban J connectivity index is 1.99. The van der Waals surface area contributed by atoms with Gasteiger partial charge in [0.25, 0.3) is 0 Å². The quantitative estimate of drug-likeness (QED) is 0.645. The second-order valence-electron chi connectivity index (χ2n) is 6.20. The maximum absolute atomic E-state index is 12.9. The number of nitrogens with zero attached hydrogens (tertiary/aromatic N) is 3. The zero-order chi connectivity index (χ0) is 18.5. The van der Waals surface area contributed by atoms with Crippen LogP contribution < -0.4 is 9.64 Å². The molecule has 2 aromatic carbocycles. The van der Waals surface area contributed by atoms with E-state index in [2.05, 4.69) is 10.2 Å². The predicted octanol–water partition coefficient (Wildman–Crippen LogP) is 4.46. The minimum Gasteiger partial charge on any atom is -0.497 e. The average molecular weight is 367 g/mol. The van der Waals surface area contributed by atoms with Gasteiger partial charge in [-0.05, 0) is 35.7 Å². The largest absolute Gasteiger partial charge is 0.497 e. The molecule has 1 heterocycles. The number of para-hydroxylation sites is 1. The standard InChI is InChI=1S/C20H21N3O2S/c1-14(2)19(24)23(20-22-21-13-26-20)18-7-5-4-6-16(18)12-15-8-10-17(25-3)11-9-15/h4-11,13-14H,12H2,1-3H3. The van der Waals surface area contributed by atoms with Gasteiger partial charge < -0.3 is 4.74 Å². The van der Waals surface area contributed by atoms with Crippen molar-refractivity contribution in [2.45, 2.75) is 20.3 Å². The molecule has 26 heavy (non-hydrogen) atoms. The SMILES string of the molecule is COc1ccc(Cc2ccccc2N(C(=O)C(C)C)c2nncs2)cc1. The van der Waals surface area contributed by atoms with Crippen LogP contribution in [-0.2, 0) is 11.2 Å². The minimum atomic E-state index is -0.145. The molecule has 6 heteroatoms. The Labute approximate surface area is 157 Å². The molecule has 1 aromatic heterocycles. The number of amides is 1. The predicted molar refractivity (Wildman–Crippen MR) is 104 cm³/mol. The molecule has 0 saturated carbocycles. The van der Waals surface area contributed by atoms with Crippen molar-refractivity contribution in [3.63, 3.8) is 0 Å². The van der Waals surface area contributed by atoms with Gasteiger partial charge in [-0.3, -0.25) is 9.69 Å². The number of hydrogen-bond acceptors (Lipinski definition) is 5. The van der Waals surface area contributed by atoms with Gasteiger partial charge in [0.2, 0.25) is 11.0 Å². The van der Waals surface area contributed by atoms with E-state index in [0.717, 1.165) is 22.6 Å². The first-order valence-electron chi connectivity index (χ1n) is 8.41. The molecule has 0 fully saturated rings. The second-order valence-corrected chi connectivity index (χ2v) is 7.01. The highest BCUT2D eigenvalue weighted by molar-refractivity contribution is 7.13. The lowest BCUT2D eigenvalue weighted by Crippen LogP contribution is -2.30. The normalized spacial score (nSPS) is 10.8. The maximum Gasteiger partial charge on any atom is 0.235 e. The molecule has 0 saturated heterocycles. The van der Waals surface area contributed by atoms with Crippen LogP contribution in [0, 0.1) is 5.92 Å². The van der Waals surface area contributed by atoms with Crippen LogP contribution >= 0.6 is 11.3 Å². The molecule has 0 radical (unpaired) electrons. The minimum absolute atomic E-state index is 0.00364. The molecule has 3 rings (SSSR count). The number of anilines is 2. The fourth-order valence-corrected chi connectivity index (χ4v) is 3.26. The summed E-state index contributed by atoms with van der Waals surface area (Å²) in [5, 5.41) is 8.62. The van der Waals surface area contributed by atoms with E-state index in [0.29, 0.717) is 11.6 Å². The van der Waals surface area contributed by atoms with Crippen molar-refractivity contribution in [2.75, 3.05) is 12.0 Å². The number of benzene rings is 2. The van der Waals surface area contributed by atoms with Crippen LogP contribution in [0.3, 0.4) is 0 Å². The average Bonchev–Trinajstić information content (AvgIpc) is 3.18. The molecule has 5 nitrogen and oxygen atoms in total. The highest BCUT2D eigenvalue weighted by Gasteiger charge is 2.25. The van der Waals surface area contributed by atoms with E-state index in [1.54, 1.807) is 17.5 Å². The second kappa shape index (κ2) is 8.10. The number of hydrogen-bond donors (Lipinski definition) is 0. The lowest BCUT2D eigenvalue weighted by atomic mass is 10.0. The number of rotatable bonds is 6. The molecule has 0 aliphatic carbocycles. The lowest BCUT2D eigenvalue weighted by molar-refractivity contribution is -0.120. The zero-order valence-corrected chi connectivity index (χ0v) is 15.9. The summed E-state index contributed by atoms with van der Waals surface area (Å²) in [6.07, 6.45) is 0.709. The summed E-state index contributed by atoms with van der Waals surface area (Å²) >= 11 is 1.36. The van der Waals surface area contributed by atoms with Crippen molar-refractivity contribution < 1.29 is 9.53 Å². The van der Waals surface area contributed by atoms with Gasteiger partial charge in [-0.2, -0.15) is 0 Å². The molecule has 0 aliphatic heterocycles. The Morgan fingerprint density at radius 3 is 2.50 bits per heavy atom. The Bertz CT molecular complexity index is 861. The number of aromatic nitrogens is 2. The molecular formula is C20H21N3O2S. The van der Waals surface area contributed by atoms with E-state index in [9.17, 15) is 4.79 Å². The first kappa shape index (κ1) is 18.1. The summed E-state index contributed by atoms with van der Waals surface area (Å²) < 4.78 is 5.22. The van der Waals surface area contributed by atoms with E-state index in [1.165, 1.54) is 11.3 Å². The number of ether oxygens (including phenoxy) is 1. The summed E-state index contributed by atoms with van der Waals surface area (Å²) in [5.74, 6) is 0.685. The Kier molecular flexibility index (Phi) is 5.63. The zero-order valence-electron chi connectivity index (χ0n) is 15.0. The van der Waals surface area contributed by atoms with Crippen LogP contribution in [0.15, 0.2) is 54.0 Å². The van der Waals surface area contributed by atoms with E-state index in [-0.39, 0.29) is 11.8 Å². The fourth-order valence-electron chi connectivity index (χ4n) is 2.68. The van der Waals surface area contributed by atoms with Crippen LogP contribution in [0.25, 0.3) is 0 Å². The van der Waals surface area contributed by atoms with E-state index < -0.39 is 0 Å². The monoisotopic (exact) mass is 367 g/mol. The van der Waals surface area contributed by atoms with E-state index in [4.69, 9.17) is 4.74 Å². The van der Waals surface area contributed by atoms with Gasteiger partial charge in [0, 0.05) is 5.92 Å². The van der Waals surface area contributed by atoms with E-state index >= 15 is 0 Å². The van der Waals surface area contributed by atoms with Gasteiger partial charge in [-0.1, -0.05) is 55.5 Å². The van der Waals surface area contributed by atoms with Crippen LogP contribution in [0.1, 0.15) is 25.0 Å². The summed E-state index contributed by atoms with van der Waals surface area (Å²) in [5.41, 5.74) is 4.69. The Hall–Kier alpha value is -2.73.